The molecule has 0 aliphatic heterocycles. The minimum Gasteiger partial charge on any atom is -0.426 e. The minimum atomic E-state index is -4.37. The third-order valence-electron chi connectivity index (χ3n) is 7.17. The van der Waals surface area contributed by atoms with Gasteiger partial charge < -0.3 is 4.74 Å². The van der Waals surface area contributed by atoms with Gasteiger partial charge in [0.2, 0.25) is 0 Å². The molecule has 1 aliphatic carbocycles. The van der Waals surface area contributed by atoms with Gasteiger partial charge in [0, 0.05) is 0 Å². The average Bonchev–Trinajstić information content (AvgIpc) is 2.86. The Labute approximate surface area is 208 Å². The molecular formula is C30H39F3O2. The van der Waals surface area contributed by atoms with Crippen LogP contribution in [0.2, 0.25) is 0 Å². The lowest BCUT2D eigenvalue weighted by molar-refractivity contribution is -0.202. The van der Waals surface area contributed by atoms with E-state index in [4.69, 9.17) is 4.74 Å². The van der Waals surface area contributed by atoms with Crippen molar-refractivity contribution in [2.75, 3.05) is 0 Å². The molecule has 0 N–H and O–H groups in total. The van der Waals surface area contributed by atoms with Gasteiger partial charge >= 0.3 is 12.1 Å². The molecule has 2 atom stereocenters. The summed E-state index contributed by atoms with van der Waals surface area (Å²) in [6, 6.07) is 15.5. The molecular weight excluding hydrogens is 449 g/mol. The third kappa shape index (κ3) is 8.70. The molecule has 2 aromatic carbocycles. The molecule has 0 bridgehead atoms. The van der Waals surface area contributed by atoms with Crippen molar-refractivity contribution < 1.29 is 22.7 Å². The van der Waals surface area contributed by atoms with Gasteiger partial charge in [-0.3, -0.25) is 4.79 Å². The van der Waals surface area contributed by atoms with Crippen molar-refractivity contribution >= 4 is 5.97 Å². The highest BCUT2D eigenvalue weighted by atomic mass is 19.4. The first-order valence-electron chi connectivity index (χ1n) is 13.4. The van der Waals surface area contributed by atoms with E-state index < -0.39 is 24.0 Å². The highest BCUT2D eigenvalue weighted by Crippen LogP contribution is 2.42. The lowest BCUT2D eigenvalue weighted by Gasteiger charge is -2.31. The molecule has 1 fully saturated rings. The summed E-state index contributed by atoms with van der Waals surface area (Å²) in [5, 5.41) is 0. The van der Waals surface area contributed by atoms with Crippen molar-refractivity contribution in [3.63, 3.8) is 0 Å². The van der Waals surface area contributed by atoms with Crippen LogP contribution in [0.3, 0.4) is 0 Å². The molecule has 0 spiro atoms. The summed E-state index contributed by atoms with van der Waals surface area (Å²) in [5.74, 6) is -3.20. The fraction of sp³-hybridized carbons (Fsp3) is 0.567. The number of esters is 1. The minimum absolute atomic E-state index is 0.00273. The van der Waals surface area contributed by atoms with E-state index >= 15 is 0 Å². The standard InChI is InChI=1S/C30H39F3O2/c1-2-3-4-5-6-7-8-9-12-23-15-17-24(18-16-23)25-19-21-26(22-20-25)35-29(34)27-13-10-11-14-28(27)30(31,32)33/h15-22,27-28H,2-14H2,1H3. The molecule has 0 saturated heterocycles. The number of aryl methyl sites for hydroxylation is 1. The van der Waals surface area contributed by atoms with E-state index in [1.165, 1.54) is 56.9 Å². The zero-order valence-corrected chi connectivity index (χ0v) is 20.9. The first-order valence-corrected chi connectivity index (χ1v) is 13.4. The van der Waals surface area contributed by atoms with Crippen molar-refractivity contribution in [3.05, 3.63) is 54.1 Å². The summed E-state index contributed by atoms with van der Waals surface area (Å²) >= 11 is 0. The zero-order valence-electron chi connectivity index (χ0n) is 20.9. The third-order valence-corrected chi connectivity index (χ3v) is 7.17. The van der Waals surface area contributed by atoms with E-state index in [1.54, 1.807) is 12.1 Å². The van der Waals surface area contributed by atoms with E-state index in [9.17, 15) is 18.0 Å². The molecule has 0 aromatic heterocycles. The Morgan fingerprint density at radius 3 is 1.94 bits per heavy atom. The lowest BCUT2D eigenvalue weighted by atomic mass is 9.79. The molecule has 1 saturated carbocycles. The average molecular weight is 489 g/mol. The van der Waals surface area contributed by atoms with Gasteiger partial charge in [-0.15, -0.1) is 0 Å². The predicted molar refractivity (Wildman–Crippen MR) is 135 cm³/mol. The molecule has 0 amide bonds. The number of carbonyl (C=O) groups is 1. The van der Waals surface area contributed by atoms with Crippen LogP contribution in [0.15, 0.2) is 48.5 Å². The number of ether oxygens (including phenoxy) is 1. The van der Waals surface area contributed by atoms with Gasteiger partial charge in [-0.05, 0) is 54.5 Å². The van der Waals surface area contributed by atoms with Crippen LogP contribution in [0.5, 0.6) is 5.75 Å². The molecule has 0 heterocycles. The van der Waals surface area contributed by atoms with Crippen LogP contribution in [-0.2, 0) is 11.2 Å². The molecule has 35 heavy (non-hydrogen) atoms. The van der Waals surface area contributed by atoms with E-state index in [0.717, 1.165) is 17.5 Å². The number of halogens is 3. The summed E-state index contributed by atoms with van der Waals surface area (Å²) < 4.78 is 45.3. The Hall–Kier alpha value is -2.30. The number of rotatable bonds is 12. The molecule has 5 heteroatoms. The summed E-state index contributed by atoms with van der Waals surface area (Å²) in [6.45, 7) is 2.24. The van der Waals surface area contributed by atoms with Crippen molar-refractivity contribution in [1.29, 1.82) is 0 Å². The Morgan fingerprint density at radius 2 is 1.34 bits per heavy atom. The van der Waals surface area contributed by atoms with Crippen LogP contribution in [-0.4, -0.2) is 12.1 Å². The Bertz CT molecular complexity index is 887. The Kier molecular flexibility index (Phi) is 10.7. The molecule has 192 valence electrons. The number of hydrogen-bond donors (Lipinski definition) is 0. The number of carbonyl (C=O) groups excluding carboxylic acids is 1. The first kappa shape index (κ1) is 27.3. The zero-order chi connectivity index (χ0) is 25.1. The quantitative estimate of drug-likeness (QED) is 0.169. The van der Waals surface area contributed by atoms with Gasteiger partial charge in [0.05, 0.1) is 11.8 Å². The van der Waals surface area contributed by atoms with E-state index in [2.05, 4.69) is 31.2 Å². The van der Waals surface area contributed by atoms with E-state index in [-0.39, 0.29) is 18.6 Å². The number of benzene rings is 2. The van der Waals surface area contributed by atoms with Crippen LogP contribution < -0.4 is 4.74 Å². The van der Waals surface area contributed by atoms with Gasteiger partial charge in [0.1, 0.15) is 5.75 Å². The Balaban J connectivity index is 1.46. The maximum absolute atomic E-state index is 13.3. The molecule has 2 nitrogen and oxygen atoms in total. The normalized spacial score (nSPS) is 18.4. The smallest absolute Gasteiger partial charge is 0.392 e. The van der Waals surface area contributed by atoms with Crippen LogP contribution >= 0.6 is 0 Å². The van der Waals surface area contributed by atoms with Crippen molar-refractivity contribution in [2.45, 2.75) is 96.6 Å². The van der Waals surface area contributed by atoms with Gasteiger partial charge in [-0.2, -0.15) is 13.2 Å². The van der Waals surface area contributed by atoms with Gasteiger partial charge in [-0.25, -0.2) is 0 Å². The topological polar surface area (TPSA) is 26.3 Å². The highest BCUT2D eigenvalue weighted by molar-refractivity contribution is 5.76. The second-order valence-electron chi connectivity index (χ2n) is 9.91. The fourth-order valence-electron chi connectivity index (χ4n) is 5.04. The van der Waals surface area contributed by atoms with Crippen LogP contribution in [0.1, 0.15) is 89.5 Å². The predicted octanol–water partition coefficient (Wildman–Crippen LogP) is 9.31. The molecule has 1 aliphatic rings. The van der Waals surface area contributed by atoms with Gasteiger partial charge in [0.15, 0.2) is 0 Å². The molecule has 3 rings (SSSR count). The molecule has 2 unspecified atom stereocenters. The van der Waals surface area contributed by atoms with E-state index in [1.807, 2.05) is 12.1 Å². The molecule has 2 aromatic rings. The Morgan fingerprint density at radius 1 is 0.800 bits per heavy atom. The second-order valence-corrected chi connectivity index (χ2v) is 9.91. The molecule has 0 radical (unpaired) electrons. The monoisotopic (exact) mass is 488 g/mol. The van der Waals surface area contributed by atoms with Crippen LogP contribution in [0, 0.1) is 11.8 Å². The van der Waals surface area contributed by atoms with Crippen molar-refractivity contribution in [1.82, 2.24) is 0 Å². The fourth-order valence-corrected chi connectivity index (χ4v) is 5.04. The summed E-state index contributed by atoms with van der Waals surface area (Å²) in [6.07, 6.45) is 8.58. The van der Waals surface area contributed by atoms with Crippen molar-refractivity contribution in [3.8, 4) is 16.9 Å². The highest BCUT2D eigenvalue weighted by Gasteiger charge is 2.48. The van der Waals surface area contributed by atoms with Crippen molar-refractivity contribution in [2.24, 2.45) is 11.8 Å². The second kappa shape index (κ2) is 13.7. The number of alkyl halides is 3. The van der Waals surface area contributed by atoms with E-state index in [0.29, 0.717) is 12.8 Å². The van der Waals surface area contributed by atoms with Gasteiger partial charge in [-0.1, -0.05) is 101 Å². The summed E-state index contributed by atoms with van der Waals surface area (Å²) in [4.78, 5) is 12.5. The summed E-state index contributed by atoms with van der Waals surface area (Å²) in [7, 11) is 0. The SMILES string of the molecule is CCCCCCCCCCc1ccc(-c2ccc(OC(=O)C3CCCCC3C(F)(F)F)cc2)cc1. The largest absolute Gasteiger partial charge is 0.426 e. The maximum Gasteiger partial charge on any atom is 0.392 e. The number of hydrogen-bond acceptors (Lipinski definition) is 2. The number of unbranched alkanes of at least 4 members (excludes halogenated alkanes) is 7. The first-order chi connectivity index (χ1) is 16.9. The summed E-state index contributed by atoms with van der Waals surface area (Å²) in [5.41, 5.74) is 3.37. The van der Waals surface area contributed by atoms with Crippen LogP contribution in [0.4, 0.5) is 13.2 Å². The maximum atomic E-state index is 13.3. The lowest BCUT2D eigenvalue weighted by Crippen LogP contribution is -2.39. The van der Waals surface area contributed by atoms with Gasteiger partial charge in [0.25, 0.3) is 0 Å². The van der Waals surface area contributed by atoms with Crippen LogP contribution in [0.25, 0.3) is 11.1 Å².